The fourth-order valence-corrected chi connectivity index (χ4v) is 22.3. The lowest BCUT2D eigenvalue weighted by molar-refractivity contribution is 0.590. The summed E-state index contributed by atoms with van der Waals surface area (Å²) in [5.41, 5.74) is 33.6. The zero-order chi connectivity index (χ0) is 92.1. The quantitative estimate of drug-likeness (QED) is 0.156. The van der Waals surface area contributed by atoms with E-state index in [1.807, 2.05) is 36.4 Å². The first-order valence-electron chi connectivity index (χ1n) is 47.5. The normalized spacial score (nSPS) is 12.2. The standard InChI is InChI=1S/C48H28N4O.C40H30N4.C38H26N4/c1-2-14-36-32(11-1)38(30-23-21-29(22-24-30)31-25-26-35-34-13-5-10-20-44(34)53-45(35)27-31)28-39-33-12-4-8-18-42(33)51(46(36)39)48-50-40-16-6-3-15-37(40)47-49-41-17-7-9-19-43(41)52(47)48;1-40(2,3)26-22-20-25(21-23-26)31-24-32-28-13-7-10-18-35(28)43(37(32)29-14-5-4-12-27(29)31)39-42-33-16-8-6-15-30(33)38-41-34-17-9-11-19-36(34)44(38)39;1-23-19-24(2)21-25(20-23)30-22-31-27-12-6-9-17-34(27)41(36(31)28-13-4-3-11-26(28)30)38-40-32-15-7-5-14-29(32)37-39-33-16-8-10-18-35(33)42(37)38/h1-28H;4-24H,1-3H3;3-22H,1-2H3. The topological polar surface area (TPSA) is 118 Å². The molecule has 20 aromatic carbocycles. The number of rotatable bonds is 7. The lowest BCUT2D eigenvalue weighted by atomic mass is 9.85. The Morgan fingerprint density at radius 2 is 0.489 bits per heavy atom. The van der Waals surface area contributed by atoms with Crippen molar-refractivity contribution < 1.29 is 4.42 Å². The van der Waals surface area contributed by atoms with E-state index in [1.165, 1.54) is 115 Å². The highest BCUT2D eigenvalue weighted by molar-refractivity contribution is 6.26. The molecule has 139 heavy (non-hydrogen) atoms. The molecule has 0 atom stereocenters. The van der Waals surface area contributed by atoms with E-state index in [4.69, 9.17) is 34.3 Å². The van der Waals surface area contributed by atoms with Crippen LogP contribution in [0.4, 0.5) is 0 Å². The van der Waals surface area contributed by atoms with Crippen LogP contribution in [0.3, 0.4) is 0 Å². The van der Waals surface area contributed by atoms with E-state index >= 15 is 0 Å². The van der Waals surface area contributed by atoms with Gasteiger partial charge in [-0.1, -0.05) is 323 Å². The number of hydrogen-bond donors (Lipinski definition) is 0. The van der Waals surface area contributed by atoms with Crippen molar-refractivity contribution in [2.24, 2.45) is 0 Å². The van der Waals surface area contributed by atoms with Crippen molar-refractivity contribution >= 4 is 202 Å². The summed E-state index contributed by atoms with van der Waals surface area (Å²) < 4.78 is 20.0. The highest BCUT2D eigenvalue weighted by Gasteiger charge is 2.29. The first-order chi connectivity index (χ1) is 68.4. The summed E-state index contributed by atoms with van der Waals surface area (Å²) in [7, 11) is 0. The first kappa shape index (κ1) is 79.4. The van der Waals surface area contributed by atoms with Crippen molar-refractivity contribution in [3.63, 3.8) is 0 Å². The van der Waals surface area contributed by atoms with Crippen LogP contribution in [-0.2, 0) is 5.41 Å². The predicted molar refractivity (Wildman–Crippen MR) is 577 cm³/mol. The molecule has 10 heterocycles. The van der Waals surface area contributed by atoms with Gasteiger partial charge in [0.25, 0.3) is 0 Å². The molecular formula is C126H84N12O. The largest absolute Gasteiger partial charge is 0.456 e. The first-order valence-corrected chi connectivity index (χ1v) is 47.5. The number of imidazole rings is 3. The molecule has 10 aromatic heterocycles. The summed E-state index contributed by atoms with van der Waals surface area (Å²) in [5.74, 6) is 2.50. The van der Waals surface area contributed by atoms with E-state index in [1.54, 1.807) is 0 Å². The number of para-hydroxylation sites is 13. The van der Waals surface area contributed by atoms with Gasteiger partial charge < -0.3 is 4.42 Å². The molecule has 0 radical (unpaired) electrons. The van der Waals surface area contributed by atoms with Crippen molar-refractivity contribution in [1.29, 1.82) is 0 Å². The van der Waals surface area contributed by atoms with Crippen LogP contribution in [0.2, 0.25) is 0 Å². The monoisotopic (exact) mass is 1780 g/mol. The van der Waals surface area contributed by atoms with Crippen LogP contribution in [0.25, 0.3) is 265 Å². The van der Waals surface area contributed by atoms with Crippen LogP contribution >= 0.6 is 0 Å². The van der Waals surface area contributed by atoms with Gasteiger partial charge >= 0.3 is 0 Å². The van der Waals surface area contributed by atoms with Crippen molar-refractivity contribution in [3.05, 3.63) is 435 Å². The number of fused-ring (bicyclic) bond motifs is 33. The molecule has 0 saturated heterocycles. The van der Waals surface area contributed by atoms with E-state index in [2.05, 4.69) is 444 Å². The second-order valence-corrected chi connectivity index (χ2v) is 37.8. The van der Waals surface area contributed by atoms with Crippen molar-refractivity contribution in [2.75, 3.05) is 0 Å². The van der Waals surface area contributed by atoms with Gasteiger partial charge in [-0.25, -0.2) is 29.9 Å². The zero-order valence-corrected chi connectivity index (χ0v) is 76.6. The molecule has 0 saturated carbocycles. The maximum atomic E-state index is 6.22. The van der Waals surface area contributed by atoms with Gasteiger partial charge in [0, 0.05) is 75.4 Å². The Morgan fingerprint density at radius 3 is 0.871 bits per heavy atom. The van der Waals surface area contributed by atoms with Crippen LogP contribution in [0, 0.1) is 13.8 Å². The van der Waals surface area contributed by atoms with Gasteiger partial charge in [-0.3, -0.25) is 26.9 Å². The van der Waals surface area contributed by atoms with E-state index in [9.17, 15) is 0 Å². The highest BCUT2D eigenvalue weighted by atomic mass is 16.3. The number of aromatic nitrogens is 12. The third-order valence-electron chi connectivity index (χ3n) is 28.5. The van der Waals surface area contributed by atoms with Crippen LogP contribution < -0.4 is 0 Å². The van der Waals surface area contributed by atoms with Crippen molar-refractivity contribution in [3.8, 4) is 62.4 Å². The molecule has 30 aromatic rings. The molecule has 13 heteroatoms. The Bertz CT molecular complexity index is 10400. The van der Waals surface area contributed by atoms with E-state index < -0.39 is 0 Å². The maximum absolute atomic E-state index is 6.22. The molecule has 0 aliphatic carbocycles. The molecular weight excluding hydrogens is 1700 g/mol. The van der Waals surface area contributed by atoms with Crippen LogP contribution in [0.5, 0.6) is 0 Å². The predicted octanol–water partition coefficient (Wildman–Crippen LogP) is 32.3. The van der Waals surface area contributed by atoms with Gasteiger partial charge in [0.05, 0.1) is 82.8 Å². The summed E-state index contributed by atoms with van der Waals surface area (Å²) >= 11 is 0. The molecule has 30 rings (SSSR count). The third-order valence-corrected chi connectivity index (χ3v) is 28.5. The summed E-state index contributed by atoms with van der Waals surface area (Å²) in [4.78, 5) is 31.5. The van der Waals surface area contributed by atoms with E-state index in [-0.39, 0.29) is 5.41 Å². The molecule has 0 aliphatic rings. The lowest BCUT2D eigenvalue weighted by Gasteiger charge is -2.19. The summed E-state index contributed by atoms with van der Waals surface area (Å²) in [6.45, 7) is 11.1. The molecule has 0 amide bonds. The van der Waals surface area contributed by atoms with Gasteiger partial charge in [0.1, 0.15) is 28.1 Å². The van der Waals surface area contributed by atoms with Crippen LogP contribution in [0.1, 0.15) is 37.5 Å². The number of nitrogens with zero attached hydrogens (tertiary/aromatic N) is 12. The van der Waals surface area contributed by atoms with E-state index in [0.29, 0.717) is 0 Å². The third kappa shape index (κ3) is 12.3. The molecule has 13 nitrogen and oxygen atoms in total. The summed E-state index contributed by atoms with van der Waals surface area (Å²) in [6, 6.07) is 149. The number of hydrogen-bond acceptors (Lipinski definition) is 7. The Labute approximate surface area is 795 Å². The minimum absolute atomic E-state index is 0.105. The van der Waals surface area contributed by atoms with Gasteiger partial charge in [-0.2, -0.15) is 0 Å². The minimum Gasteiger partial charge on any atom is -0.456 e. The second-order valence-electron chi connectivity index (χ2n) is 37.8. The fraction of sp³-hybridized carbons (Fsp3) is 0.0476. The summed E-state index contributed by atoms with van der Waals surface area (Å²) in [5, 5.41) is 19.8. The highest BCUT2D eigenvalue weighted by Crippen LogP contribution is 2.49. The minimum atomic E-state index is 0.105. The Morgan fingerprint density at radius 1 is 0.201 bits per heavy atom. The average Bonchev–Trinajstić information content (AvgIpc) is 1.55. The Hall–Kier alpha value is -18.2. The molecule has 0 unspecified atom stereocenters. The van der Waals surface area contributed by atoms with Gasteiger partial charge in [-0.15, -0.1) is 0 Å². The Balaban J connectivity index is 0.000000103. The van der Waals surface area contributed by atoms with Crippen molar-refractivity contribution in [1.82, 2.24) is 56.8 Å². The second kappa shape index (κ2) is 30.7. The Kier molecular flexibility index (Phi) is 17.5. The molecule has 0 fully saturated rings. The van der Waals surface area contributed by atoms with Crippen molar-refractivity contribution in [2.45, 2.75) is 40.0 Å². The maximum Gasteiger partial charge on any atom is 0.221 e. The molecule has 0 N–H and O–H groups in total. The van der Waals surface area contributed by atoms with Gasteiger partial charge in [0.15, 0.2) is 0 Å². The van der Waals surface area contributed by atoms with Crippen LogP contribution in [0.15, 0.2) is 423 Å². The molecule has 0 aliphatic heterocycles. The number of benzene rings is 20. The van der Waals surface area contributed by atoms with E-state index in [0.717, 1.165) is 167 Å². The molecule has 654 valence electrons. The van der Waals surface area contributed by atoms with Gasteiger partial charge in [0.2, 0.25) is 17.8 Å². The average molecular weight is 1780 g/mol. The molecule has 0 bridgehead atoms. The lowest BCUT2D eigenvalue weighted by Crippen LogP contribution is -2.10. The smallest absolute Gasteiger partial charge is 0.221 e. The zero-order valence-electron chi connectivity index (χ0n) is 76.6. The fourth-order valence-electron chi connectivity index (χ4n) is 22.3. The SMILES string of the molecule is CC(C)(C)c1ccc(-c2cc3c4ccccc4n(-c4nc5ccccc5c5nc6ccccc6n45)c3c3ccccc23)cc1.Cc1cc(C)cc(-c2cc3c4ccccc4n(-c4nc5ccccc5c5nc6ccccc6n45)c3c3ccccc23)c1.c1ccc2c(c1)nc(-n1c3ccccc3c3cc(-c4ccc(-c5ccc6c(c5)oc5ccccc56)cc4)c4ccccc4c31)n1c3ccccc3nc21. The summed E-state index contributed by atoms with van der Waals surface area (Å²) in [6.07, 6.45) is 0. The number of aryl methyl sites for hydroxylation is 2. The number of furan rings is 1. The molecule has 0 spiro atoms. The van der Waals surface area contributed by atoms with Crippen LogP contribution in [-0.4, -0.2) is 56.8 Å². The van der Waals surface area contributed by atoms with Gasteiger partial charge in [-0.05, 0) is 213 Å².